The van der Waals surface area contributed by atoms with Gasteiger partial charge in [-0.25, -0.2) is 0 Å². The van der Waals surface area contributed by atoms with Gasteiger partial charge in [0.15, 0.2) is 11.3 Å². The van der Waals surface area contributed by atoms with E-state index in [1.807, 2.05) is 44.2 Å². The van der Waals surface area contributed by atoms with E-state index in [1.54, 1.807) is 18.2 Å². The Kier molecular flexibility index (Phi) is 4.38. The first kappa shape index (κ1) is 17.5. The summed E-state index contributed by atoms with van der Waals surface area (Å²) in [5, 5.41) is 16.4. The number of benzene rings is 3. The number of rotatable bonds is 3. The highest BCUT2D eigenvalue weighted by molar-refractivity contribution is 6.11. The molecule has 0 aliphatic heterocycles. The van der Waals surface area contributed by atoms with Gasteiger partial charge in [0.25, 0.3) is 5.91 Å². The van der Waals surface area contributed by atoms with Crippen LogP contribution in [-0.2, 0) is 0 Å². The first-order chi connectivity index (χ1) is 13.5. The van der Waals surface area contributed by atoms with Gasteiger partial charge in [0.05, 0.1) is 17.0 Å². The monoisotopic (exact) mass is 367 g/mol. The second-order valence-electron chi connectivity index (χ2n) is 6.70. The van der Waals surface area contributed by atoms with Gasteiger partial charge in [-0.05, 0) is 60.9 Å². The molecular weight excluding hydrogens is 350 g/mol. The molecule has 0 aliphatic carbocycles. The Hall–Kier alpha value is -3.91. The smallest absolute Gasteiger partial charge is 0.278 e. The number of nitrogens with one attached hydrogen (secondary N) is 1. The van der Waals surface area contributed by atoms with Crippen LogP contribution >= 0.6 is 0 Å². The summed E-state index contributed by atoms with van der Waals surface area (Å²) < 4.78 is 5.33. The van der Waals surface area contributed by atoms with Crippen LogP contribution in [0.15, 0.2) is 65.2 Å². The zero-order valence-corrected chi connectivity index (χ0v) is 15.5. The van der Waals surface area contributed by atoms with Crippen LogP contribution in [0, 0.1) is 25.2 Å². The van der Waals surface area contributed by atoms with Crippen LogP contribution in [0.5, 0.6) is 0 Å². The lowest BCUT2D eigenvalue weighted by Crippen LogP contribution is -2.13. The molecule has 4 aromatic rings. The third kappa shape index (κ3) is 3.24. The minimum Gasteiger partial charge on any atom is -0.355 e. The second-order valence-corrected chi connectivity index (χ2v) is 6.70. The highest BCUT2D eigenvalue weighted by Crippen LogP contribution is 2.27. The van der Waals surface area contributed by atoms with E-state index in [9.17, 15) is 4.79 Å². The van der Waals surface area contributed by atoms with Crippen LogP contribution in [0.3, 0.4) is 0 Å². The standard InChI is InChI=1S/C23H17N3O2/c1-14-3-6-17(7-4-14)18-8-10-21-19(12-18)22(26-28-21)23(27)25-20-9-5-16(13-24)11-15(20)2/h3-12H,1-2H3,(H,25,27). The van der Waals surface area contributed by atoms with E-state index in [-0.39, 0.29) is 11.6 Å². The molecule has 0 unspecified atom stereocenters. The maximum absolute atomic E-state index is 12.8. The summed E-state index contributed by atoms with van der Waals surface area (Å²) in [5.74, 6) is -0.354. The summed E-state index contributed by atoms with van der Waals surface area (Å²) >= 11 is 0. The Labute approximate surface area is 162 Å². The van der Waals surface area contributed by atoms with Crippen LogP contribution in [0.4, 0.5) is 5.69 Å². The lowest BCUT2D eigenvalue weighted by Gasteiger charge is -2.07. The van der Waals surface area contributed by atoms with Crippen molar-refractivity contribution >= 4 is 22.6 Å². The molecule has 0 saturated carbocycles. The van der Waals surface area contributed by atoms with Crippen molar-refractivity contribution in [3.05, 3.63) is 83.0 Å². The predicted molar refractivity (Wildman–Crippen MR) is 108 cm³/mol. The first-order valence-electron chi connectivity index (χ1n) is 8.84. The Morgan fingerprint density at radius 2 is 1.75 bits per heavy atom. The van der Waals surface area contributed by atoms with E-state index in [0.29, 0.717) is 22.2 Å². The largest absolute Gasteiger partial charge is 0.355 e. The van der Waals surface area contributed by atoms with Crippen molar-refractivity contribution in [3.63, 3.8) is 0 Å². The highest BCUT2D eigenvalue weighted by Gasteiger charge is 2.18. The number of carbonyl (C=O) groups is 1. The Morgan fingerprint density at radius 1 is 1.00 bits per heavy atom. The second kappa shape index (κ2) is 7.01. The van der Waals surface area contributed by atoms with Crippen molar-refractivity contribution in [1.29, 1.82) is 5.26 Å². The number of aromatic nitrogens is 1. The van der Waals surface area contributed by atoms with Crippen molar-refractivity contribution in [3.8, 4) is 17.2 Å². The van der Waals surface area contributed by atoms with Crippen LogP contribution in [0.25, 0.3) is 22.1 Å². The quantitative estimate of drug-likeness (QED) is 0.537. The van der Waals surface area contributed by atoms with Crippen LogP contribution in [0.2, 0.25) is 0 Å². The van der Waals surface area contributed by atoms with Crippen LogP contribution in [0.1, 0.15) is 27.2 Å². The van der Waals surface area contributed by atoms with E-state index in [2.05, 4.69) is 28.7 Å². The molecule has 1 N–H and O–H groups in total. The van der Waals surface area contributed by atoms with Gasteiger partial charge in [-0.15, -0.1) is 0 Å². The average molecular weight is 367 g/mol. The van der Waals surface area contributed by atoms with E-state index in [4.69, 9.17) is 9.78 Å². The number of fused-ring (bicyclic) bond motifs is 1. The van der Waals surface area contributed by atoms with Gasteiger partial charge in [-0.2, -0.15) is 5.26 Å². The fourth-order valence-electron chi connectivity index (χ4n) is 3.08. The van der Waals surface area contributed by atoms with Crippen molar-refractivity contribution in [2.45, 2.75) is 13.8 Å². The molecule has 28 heavy (non-hydrogen) atoms. The molecule has 1 aromatic heterocycles. The molecule has 0 saturated heterocycles. The van der Waals surface area contributed by atoms with Crippen LogP contribution in [-0.4, -0.2) is 11.1 Å². The SMILES string of the molecule is Cc1ccc(-c2ccc3onc(C(=O)Nc4ccc(C#N)cc4C)c3c2)cc1. The predicted octanol–water partition coefficient (Wildman–Crippen LogP) is 5.24. The van der Waals surface area contributed by atoms with Crippen molar-refractivity contribution < 1.29 is 9.32 Å². The zero-order valence-electron chi connectivity index (χ0n) is 15.5. The van der Waals surface area contributed by atoms with Gasteiger partial charge >= 0.3 is 0 Å². The number of hydrogen-bond acceptors (Lipinski definition) is 4. The minimum atomic E-state index is -0.354. The Bertz CT molecular complexity index is 1230. The molecule has 5 nitrogen and oxygen atoms in total. The number of aryl methyl sites for hydroxylation is 2. The van der Waals surface area contributed by atoms with Crippen LogP contribution < -0.4 is 5.32 Å². The summed E-state index contributed by atoms with van der Waals surface area (Å²) in [5.41, 5.74) is 6.00. The summed E-state index contributed by atoms with van der Waals surface area (Å²) in [4.78, 5) is 12.8. The van der Waals surface area contributed by atoms with Crippen molar-refractivity contribution in [2.24, 2.45) is 0 Å². The number of nitriles is 1. The van der Waals surface area contributed by atoms with Gasteiger partial charge in [-0.1, -0.05) is 41.1 Å². The lowest BCUT2D eigenvalue weighted by molar-refractivity contribution is 0.102. The highest BCUT2D eigenvalue weighted by atomic mass is 16.5. The van der Waals surface area contributed by atoms with Gasteiger partial charge in [0.2, 0.25) is 0 Å². The zero-order chi connectivity index (χ0) is 19.7. The number of hydrogen-bond donors (Lipinski definition) is 1. The normalized spacial score (nSPS) is 10.6. The van der Waals surface area contributed by atoms with Crippen molar-refractivity contribution in [2.75, 3.05) is 5.32 Å². The van der Waals surface area contributed by atoms with Gasteiger partial charge < -0.3 is 9.84 Å². The Balaban J connectivity index is 1.68. The van der Waals surface area contributed by atoms with Gasteiger partial charge in [-0.3, -0.25) is 4.79 Å². The molecule has 0 spiro atoms. The minimum absolute atomic E-state index is 0.229. The maximum Gasteiger partial charge on any atom is 0.278 e. The fraction of sp³-hybridized carbons (Fsp3) is 0.0870. The Morgan fingerprint density at radius 3 is 2.46 bits per heavy atom. The molecule has 1 amide bonds. The molecule has 136 valence electrons. The number of nitrogens with zero attached hydrogens (tertiary/aromatic N) is 2. The first-order valence-corrected chi connectivity index (χ1v) is 8.84. The molecule has 0 radical (unpaired) electrons. The molecule has 0 atom stereocenters. The third-order valence-corrected chi connectivity index (χ3v) is 4.67. The van der Waals surface area contributed by atoms with E-state index >= 15 is 0 Å². The van der Waals surface area contributed by atoms with E-state index in [0.717, 1.165) is 16.7 Å². The fourth-order valence-corrected chi connectivity index (χ4v) is 3.08. The molecule has 0 fully saturated rings. The molecule has 0 aliphatic rings. The number of carbonyl (C=O) groups excluding carboxylic acids is 1. The third-order valence-electron chi connectivity index (χ3n) is 4.67. The summed E-state index contributed by atoms with van der Waals surface area (Å²) in [6.45, 7) is 3.88. The molecular formula is C23H17N3O2. The summed E-state index contributed by atoms with van der Waals surface area (Å²) in [7, 11) is 0. The van der Waals surface area contributed by atoms with Gasteiger partial charge in [0.1, 0.15) is 0 Å². The molecule has 1 heterocycles. The topological polar surface area (TPSA) is 78.9 Å². The van der Waals surface area contributed by atoms with Gasteiger partial charge in [0, 0.05) is 5.69 Å². The maximum atomic E-state index is 12.8. The molecule has 5 heteroatoms. The summed E-state index contributed by atoms with van der Waals surface area (Å²) in [6, 6.07) is 21.1. The summed E-state index contributed by atoms with van der Waals surface area (Å²) in [6.07, 6.45) is 0. The molecule has 4 rings (SSSR count). The van der Waals surface area contributed by atoms with E-state index < -0.39 is 0 Å². The molecule has 0 bridgehead atoms. The van der Waals surface area contributed by atoms with Crippen molar-refractivity contribution in [1.82, 2.24) is 5.16 Å². The number of amides is 1. The lowest BCUT2D eigenvalue weighted by atomic mass is 10.0. The molecule has 3 aromatic carbocycles. The average Bonchev–Trinajstić information content (AvgIpc) is 3.13. The number of anilines is 1. The van der Waals surface area contributed by atoms with E-state index in [1.165, 1.54) is 5.56 Å².